The molecule has 0 saturated carbocycles. The molecule has 2 heterocycles. The Hall–Kier alpha value is -4.69. The van der Waals surface area contributed by atoms with E-state index in [4.69, 9.17) is 0 Å². The number of carboxylic acid groups (broad SMARTS) is 2. The van der Waals surface area contributed by atoms with Crippen molar-refractivity contribution >= 4 is 35.0 Å². The lowest BCUT2D eigenvalue weighted by Crippen LogP contribution is -2.35. The Morgan fingerprint density at radius 3 is 2.45 bits per heavy atom. The van der Waals surface area contributed by atoms with E-state index < -0.39 is 23.8 Å². The van der Waals surface area contributed by atoms with Crippen molar-refractivity contribution in [3.8, 4) is 6.19 Å². The van der Waals surface area contributed by atoms with Gasteiger partial charge in [0, 0.05) is 49.3 Å². The number of nitrogens with one attached hydrogen (secondary N) is 2. The third-order valence-corrected chi connectivity index (χ3v) is 8.36. The van der Waals surface area contributed by atoms with Gasteiger partial charge in [0.1, 0.15) is 5.92 Å². The summed E-state index contributed by atoms with van der Waals surface area (Å²) in [6, 6.07) is 15.7. The van der Waals surface area contributed by atoms with Gasteiger partial charge in [0.05, 0.1) is 5.57 Å². The summed E-state index contributed by atoms with van der Waals surface area (Å²) >= 11 is 0. The number of nitrogens with zero attached hydrogens (tertiary/aromatic N) is 5. The number of nitriles is 1. The number of carboxylic acids is 2. The number of aliphatic carboxylic acids is 2. The normalized spacial score (nSPS) is 19.6. The summed E-state index contributed by atoms with van der Waals surface area (Å²) in [5, 5.41) is 34.8. The standard InChI is InChI=1S/C33H41N7O4/c1-21-28(31(41)42)30(29(32(43)44)22(2)37-21)25-9-5-10-26(18-25)38-33(36-20-34)35-14-7-15-40-16-12-23(13-17-40)24-8-6-11-27(19-24)39(3)4/h5-6,8-11,18-19,23,28,30H,7,12-17H2,1-4H3,(H,41,42)(H,43,44)(H2,35,36,38). The van der Waals surface area contributed by atoms with E-state index in [0.717, 1.165) is 38.9 Å². The zero-order valence-corrected chi connectivity index (χ0v) is 25.7. The quantitative estimate of drug-likeness (QED) is 0.102. The molecule has 2 aliphatic heterocycles. The fourth-order valence-corrected chi connectivity index (χ4v) is 6.14. The molecule has 1 fully saturated rings. The number of likely N-dealkylation sites (tertiary alicyclic amines) is 1. The van der Waals surface area contributed by atoms with Gasteiger partial charge in [-0.15, -0.1) is 0 Å². The Morgan fingerprint density at radius 2 is 1.80 bits per heavy atom. The van der Waals surface area contributed by atoms with Gasteiger partial charge in [0.2, 0.25) is 5.96 Å². The maximum absolute atomic E-state index is 12.2. The maximum Gasteiger partial charge on any atom is 0.334 e. The van der Waals surface area contributed by atoms with E-state index in [1.54, 1.807) is 38.1 Å². The van der Waals surface area contributed by atoms with Crippen LogP contribution in [0.15, 0.2) is 69.8 Å². The van der Waals surface area contributed by atoms with E-state index >= 15 is 0 Å². The van der Waals surface area contributed by atoms with Gasteiger partial charge in [-0.1, -0.05) is 24.3 Å². The molecule has 0 aromatic heterocycles. The third-order valence-electron chi connectivity index (χ3n) is 8.36. The van der Waals surface area contributed by atoms with Crippen LogP contribution in [-0.2, 0) is 9.59 Å². The molecule has 2 aromatic carbocycles. The van der Waals surface area contributed by atoms with Crippen LogP contribution < -0.4 is 15.5 Å². The topological polar surface area (TPSA) is 154 Å². The van der Waals surface area contributed by atoms with Crippen molar-refractivity contribution in [3.63, 3.8) is 0 Å². The minimum Gasteiger partial charge on any atom is -0.481 e. The van der Waals surface area contributed by atoms with Crippen LogP contribution in [0, 0.1) is 17.4 Å². The zero-order valence-electron chi connectivity index (χ0n) is 25.7. The molecule has 44 heavy (non-hydrogen) atoms. The molecular weight excluding hydrogens is 558 g/mol. The summed E-state index contributed by atoms with van der Waals surface area (Å²) in [5.41, 5.74) is 4.28. The zero-order chi connectivity index (χ0) is 31.8. The lowest BCUT2D eigenvalue weighted by Gasteiger charge is -2.32. The lowest BCUT2D eigenvalue weighted by atomic mass is 9.75. The fraction of sp³-hybridized carbons (Fsp3) is 0.424. The molecule has 4 N–H and O–H groups in total. The number of rotatable bonds is 10. The van der Waals surface area contributed by atoms with Gasteiger partial charge in [-0.2, -0.15) is 5.26 Å². The average Bonchev–Trinajstić information content (AvgIpc) is 2.99. The molecule has 2 aromatic rings. The molecule has 0 radical (unpaired) electrons. The van der Waals surface area contributed by atoms with Crippen LogP contribution in [0.1, 0.15) is 56.1 Å². The molecule has 11 heteroatoms. The van der Waals surface area contributed by atoms with E-state index in [-0.39, 0.29) is 17.2 Å². The van der Waals surface area contributed by atoms with Crippen molar-refractivity contribution in [2.45, 2.75) is 44.9 Å². The molecule has 232 valence electrons. The largest absolute Gasteiger partial charge is 0.481 e. The van der Waals surface area contributed by atoms with Crippen LogP contribution in [0.2, 0.25) is 0 Å². The second-order valence-electron chi connectivity index (χ2n) is 11.5. The SMILES string of the molecule is CC1=NC(C)=C(C(=O)O)C(c2cccc(NC(=NCCCN3CCC(c4cccc(N(C)C)c4)CC3)NC#N)c2)C1C(=O)O. The van der Waals surface area contributed by atoms with Gasteiger partial charge >= 0.3 is 11.9 Å². The molecule has 0 spiro atoms. The van der Waals surface area contributed by atoms with Gasteiger partial charge < -0.3 is 25.3 Å². The highest BCUT2D eigenvalue weighted by Crippen LogP contribution is 2.40. The minimum atomic E-state index is -1.20. The lowest BCUT2D eigenvalue weighted by molar-refractivity contribution is -0.140. The predicted octanol–water partition coefficient (Wildman–Crippen LogP) is 4.48. The molecule has 11 nitrogen and oxygen atoms in total. The van der Waals surface area contributed by atoms with E-state index in [1.165, 1.54) is 11.3 Å². The second-order valence-corrected chi connectivity index (χ2v) is 11.5. The number of guanidine groups is 1. The van der Waals surface area contributed by atoms with Gasteiger partial charge in [-0.3, -0.25) is 20.1 Å². The Kier molecular flexibility index (Phi) is 10.7. The number of aliphatic imine (C=N–C) groups is 2. The summed E-state index contributed by atoms with van der Waals surface area (Å²) in [6.45, 7) is 6.66. The summed E-state index contributed by atoms with van der Waals surface area (Å²) in [7, 11) is 4.13. The van der Waals surface area contributed by atoms with Crippen LogP contribution >= 0.6 is 0 Å². The fourth-order valence-electron chi connectivity index (χ4n) is 6.14. The summed E-state index contributed by atoms with van der Waals surface area (Å²) in [4.78, 5) is 37.7. The molecule has 2 atom stereocenters. The van der Waals surface area contributed by atoms with Crippen molar-refractivity contribution in [1.82, 2.24) is 10.2 Å². The maximum atomic E-state index is 12.2. The van der Waals surface area contributed by atoms with E-state index in [0.29, 0.717) is 29.4 Å². The number of carbonyl (C=O) groups is 2. The van der Waals surface area contributed by atoms with Crippen molar-refractivity contribution in [3.05, 3.63) is 70.9 Å². The molecule has 0 bridgehead atoms. The first-order valence-electron chi connectivity index (χ1n) is 14.9. The number of hydrogen-bond acceptors (Lipinski definition) is 7. The highest BCUT2D eigenvalue weighted by Gasteiger charge is 2.41. The smallest absolute Gasteiger partial charge is 0.334 e. The first-order chi connectivity index (χ1) is 21.1. The van der Waals surface area contributed by atoms with Crippen LogP contribution in [0.25, 0.3) is 0 Å². The minimum absolute atomic E-state index is 0.0460. The summed E-state index contributed by atoms with van der Waals surface area (Å²) in [5.74, 6) is -3.54. The summed E-state index contributed by atoms with van der Waals surface area (Å²) in [6.07, 6.45) is 4.97. The number of anilines is 2. The first-order valence-corrected chi connectivity index (χ1v) is 14.9. The Bertz CT molecular complexity index is 1500. The molecule has 0 aliphatic carbocycles. The van der Waals surface area contributed by atoms with Gasteiger partial charge in [-0.05, 0) is 94.1 Å². The average molecular weight is 600 g/mol. The predicted molar refractivity (Wildman–Crippen MR) is 172 cm³/mol. The number of allylic oxidation sites excluding steroid dienone is 1. The summed E-state index contributed by atoms with van der Waals surface area (Å²) < 4.78 is 0. The number of benzene rings is 2. The molecule has 4 rings (SSSR count). The molecule has 0 amide bonds. The van der Waals surface area contributed by atoms with E-state index in [2.05, 4.69) is 68.8 Å². The number of hydrogen-bond donors (Lipinski definition) is 4. The van der Waals surface area contributed by atoms with Crippen molar-refractivity contribution in [2.75, 3.05) is 50.5 Å². The third kappa shape index (κ3) is 7.82. The molecule has 1 saturated heterocycles. The molecule has 2 aliphatic rings. The molecule has 2 unspecified atom stereocenters. The van der Waals surface area contributed by atoms with Crippen molar-refractivity contribution in [1.29, 1.82) is 5.26 Å². The molecular formula is C33H41N7O4. The van der Waals surface area contributed by atoms with Gasteiger partial charge in [0.15, 0.2) is 6.19 Å². The second kappa shape index (κ2) is 14.7. The van der Waals surface area contributed by atoms with Crippen molar-refractivity contribution in [2.24, 2.45) is 15.9 Å². The highest BCUT2D eigenvalue weighted by atomic mass is 16.4. The monoisotopic (exact) mass is 599 g/mol. The highest BCUT2D eigenvalue weighted by molar-refractivity contribution is 6.06. The first kappa shape index (κ1) is 32.2. The van der Waals surface area contributed by atoms with Crippen molar-refractivity contribution < 1.29 is 19.8 Å². The Balaban J connectivity index is 1.37. The van der Waals surface area contributed by atoms with Crippen LogP contribution in [0.5, 0.6) is 0 Å². The van der Waals surface area contributed by atoms with E-state index in [9.17, 15) is 25.1 Å². The van der Waals surface area contributed by atoms with E-state index in [1.807, 2.05) is 6.19 Å². The Morgan fingerprint density at radius 1 is 1.09 bits per heavy atom. The van der Waals surface area contributed by atoms with Crippen LogP contribution in [-0.4, -0.2) is 79.0 Å². The van der Waals surface area contributed by atoms with Crippen LogP contribution in [0.3, 0.4) is 0 Å². The number of piperidine rings is 1. The Labute approximate surface area is 258 Å². The van der Waals surface area contributed by atoms with Gasteiger partial charge in [0.25, 0.3) is 0 Å². The van der Waals surface area contributed by atoms with Crippen LogP contribution in [0.4, 0.5) is 11.4 Å². The van der Waals surface area contributed by atoms with Gasteiger partial charge in [-0.25, -0.2) is 4.79 Å².